The molecule has 106 valence electrons. The number of hydrogen-bond donors (Lipinski definition) is 2. The Bertz CT molecular complexity index is 568. The number of aromatic nitrogens is 1. The number of aliphatic carboxylic acids is 1. The highest BCUT2D eigenvalue weighted by molar-refractivity contribution is 7.98. The third-order valence-corrected chi connectivity index (χ3v) is 5.11. The molecule has 0 spiro atoms. The molecule has 8 heteroatoms. The highest BCUT2D eigenvalue weighted by atomic mass is 32.2. The molecule has 0 bridgehead atoms. The quantitative estimate of drug-likeness (QED) is 0.727. The van der Waals surface area contributed by atoms with Crippen LogP contribution < -0.4 is 5.32 Å². The number of carbonyl (C=O) groups is 2. The molecule has 0 aromatic carbocycles. The highest BCUT2D eigenvalue weighted by Crippen LogP contribution is 2.27. The average molecular weight is 328 g/mol. The summed E-state index contributed by atoms with van der Waals surface area (Å²) < 4.78 is 0. The van der Waals surface area contributed by atoms with E-state index in [1.165, 1.54) is 11.8 Å². The molecular formula is C12H12N2O3S3. The number of amides is 1. The van der Waals surface area contributed by atoms with E-state index >= 15 is 0 Å². The van der Waals surface area contributed by atoms with E-state index < -0.39 is 12.0 Å². The molecule has 0 saturated carbocycles. The van der Waals surface area contributed by atoms with Crippen molar-refractivity contribution in [2.45, 2.75) is 11.8 Å². The van der Waals surface area contributed by atoms with Crippen molar-refractivity contribution in [3.63, 3.8) is 0 Å². The zero-order valence-corrected chi connectivity index (χ0v) is 12.8. The number of thiazole rings is 1. The minimum absolute atomic E-state index is 0.319. The van der Waals surface area contributed by atoms with Crippen LogP contribution in [-0.4, -0.2) is 34.3 Å². The van der Waals surface area contributed by atoms with Crippen LogP contribution in [0.15, 0.2) is 22.2 Å². The van der Waals surface area contributed by atoms with Gasteiger partial charge in [-0.25, -0.2) is 9.78 Å². The summed E-state index contributed by atoms with van der Waals surface area (Å²) in [5, 5.41) is 18.2. The summed E-state index contributed by atoms with van der Waals surface area (Å²) in [6.45, 7) is 0. The fourth-order valence-electron chi connectivity index (χ4n) is 1.45. The van der Waals surface area contributed by atoms with Gasteiger partial charge >= 0.3 is 5.97 Å². The lowest BCUT2D eigenvalue weighted by Crippen LogP contribution is -2.37. The minimum atomic E-state index is -1.03. The molecule has 0 aliphatic rings. The highest BCUT2D eigenvalue weighted by Gasteiger charge is 2.16. The predicted octanol–water partition coefficient (Wildman–Crippen LogP) is 2.30. The number of thiophene rings is 1. The first-order valence-electron chi connectivity index (χ1n) is 5.68. The summed E-state index contributed by atoms with van der Waals surface area (Å²) >= 11 is 4.64. The van der Waals surface area contributed by atoms with Gasteiger partial charge in [-0.3, -0.25) is 4.79 Å². The summed E-state index contributed by atoms with van der Waals surface area (Å²) in [4.78, 5) is 25.6. The van der Waals surface area contributed by atoms with E-state index in [0.717, 1.165) is 16.3 Å². The second-order valence-electron chi connectivity index (χ2n) is 3.85. The van der Waals surface area contributed by atoms with Crippen molar-refractivity contribution in [1.82, 2.24) is 10.3 Å². The lowest BCUT2D eigenvalue weighted by Gasteiger charge is -2.09. The van der Waals surface area contributed by atoms with Crippen LogP contribution in [0.3, 0.4) is 0 Å². The first kappa shape index (κ1) is 15.0. The Morgan fingerprint density at radius 3 is 3.05 bits per heavy atom. The Morgan fingerprint density at radius 1 is 1.55 bits per heavy atom. The van der Waals surface area contributed by atoms with Crippen LogP contribution in [0.4, 0.5) is 0 Å². The van der Waals surface area contributed by atoms with Crippen molar-refractivity contribution in [2.75, 3.05) is 5.75 Å². The topological polar surface area (TPSA) is 79.3 Å². The number of carboxylic acid groups (broad SMARTS) is 1. The summed E-state index contributed by atoms with van der Waals surface area (Å²) in [6.07, 6.45) is 0.414. The number of nitrogens with zero attached hydrogens (tertiary/aromatic N) is 1. The largest absolute Gasteiger partial charge is 0.480 e. The molecule has 2 rings (SSSR count). The maximum Gasteiger partial charge on any atom is 0.327 e. The lowest BCUT2D eigenvalue weighted by atomic mass is 10.3. The van der Waals surface area contributed by atoms with Crippen molar-refractivity contribution >= 4 is 46.8 Å². The maximum absolute atomic E-state index is 10.8. The normalized spacial score (nSPS) is 12.0. The first-order valence-corrected chi connectivity index (χ1v) is 8.65. The third kappa shape index (κ3) is 4.06. The molecule has 1 unspecified atom stereocenters. The summed E-state index contributed by atoms with van der Waals surface area (Å²) in [5.74, 6) is -0.0773. The Hall–Kier alpha value is -1.38. The molecular weight excluding hydrogens is 316 g/mol. The standard InChI is InChI=1S/C12H12N2O3S3/c15-7-13-10(12(16)17)6-19-4-9-5-20-11(14-9)8-1-2-18-3-8/h1-3,5,7,10H,4,6H2,(H,13,15)(H,16,17). The Labute approximate surface area is 128 Å². The molecule has 0 saturated heterocycles. The summed E-state index contributed by atoms with van der Waals surface area (Å²) in [6, 6.07) is 1.17. The van der Waals surface area contributed by atoms with E-state index in [2.05, 4.69) is 10.3 Å². The Kier molecular flexibility index (Phi) is 5.57. The Balaban J connectivity index is 1.85. The zero-order valence-electron chi connectivity index (χ0n) is 10.3. The van der Waals surface area contributed by atoms with Crippen molar-refractivity contribution in [3.8, 4) is 10.6 Å². The van der Waals surface area contributed by atoms with Crippen molar-refractivity contribution < 1.29 is 14.7 Å². The van der Waals surface area contributed by atoms with Crippen molar-refractivity contribution in [1.29, 1.82) is 0 Å². The van der Waals surface area contributed by atoms with Gasteiger partial charge in [0.15, 0.2) is 0 Å². The summed E-state index contributed by atoms with van der Waals surface area (Å²) in [5.41, 5.74) is 2.04. The van der Waals surface area contributed by atoms with E-state index in [1.807, 2.05) is 22.2 Å². The SMILES string of the molecule is O=CNC(CSCc1csc(-c2ccsc2)n1)C(=O)O. The molecule has 2 aromatic heterocycles. The van der Waals surface area contributed by atoms with Crippen LogP contribution in [-0.2, 0) is 15.3 Å². The molecule has 1 atom stereocenters. The van der Waals surface area contributed by atoms with E-state index in [9.17, 15) is 9.59 Å². The van der Waals surface area contributed by atoms with Crippen molar-refractivity contribution in [3.05, 3.63) is 27.9 Å². The van der Waals surface area contributed by atoms with E-state index in [4.69, 9.17) is 5.11 Å². The lowest BCUT2D eigenvalue weighted by molar-refractivity contribution is -0.139. The smallest absolute Gasteiger partial charge is 0.327 e. The molecule has 2 N–H and O–H groups in total. The van der Waals surface area contributed by atoms with Crippen LogP contribution in [0.5, 0.6) is 0 Å². The number of hydrogen-bond acceptors (Lipinski definition) is 6. The molecule has 20 heavy (non-hydrogen) atoms. The van der Waals surface area contributed by atoms with Gasteiger partial charge in [0.25, 0.3) is 0 Å². The molecule has 0 aliphatic carbocycles. The van der Waals surface area contributed by atoms with Gasteiger partial charge in [0, 0.05) is 27.8 Å². The molecule has 2 aromatic rings. The number of nitrogens with one attached hydrogen (secondary N) is 1. The fourth-order valence-corrected chi connectivity index (χ4v) is 4.03. The van der Waals surface area contributed by atoms with Gasteiger partial charge < -0.3 is 10.4 Å². The molecule has 0 aliphatic heterocycles. The number of carboxylic acids is 1. The van der Waals surface area contributed by atoms with Gasteiger partial charge in [-0.2, -0.15) is 23.1 Å². The first-order chi connectivity index (χ1) is 9.70. The van der Waals surface area contributed by atoms with Crippen molar-refractivity contribution in [2.24, 2.45) is 0 Å². The number of thioether (sulfide) groups is 1. The van der Waals surface area contributed by atoms with Gasteiger partial charge in [-0.15, -0.1) is 11.3 Å². The van der Waals surface area contributed by atoms with Gasteiger partial charge in [0.05, 0.1) is 5.69 Å². The number of carbonyl (C=O) groups excluding carboxylic acids is 1. The minimum Gasteiger partial charge on any atom is -0.480 e. The monoisotopic (exact) mass is 328 g/mol. The van der Waals surface area contributed by atoms with Crippen LogP contribution in [0, 0.1) is 0 Å². The van der Waals surface area contributed by atoms with Crippen LogP contribution in [0.25, 0.3) is 10.6 Å². The van der Waals surface area contributed by atoms with Crippen LogP contribution in [0.1, 0.15) is 5.69 Å². The second-order valence-corrected chi connectivity index (χ2v) is 6.51. The predicted molar refractivity (Wildman–Crippen MR) is 82.2 cm³/mol. The molecule has 0 radical (unpaired) electrons. The Morgan fingerprint density at radius 2 is 2.40 bits per heavy atom. The number of rotatable bonds is 8. The molecule has 1 amide bonds. The van der Waals surface area contributed by atoms with Crippen LogP contribution in [0.2, 0.25) is 0 Å². The molecule has 0 fully saturated rings. The van der Waals surface area contributed by atoms with Crippen LogP contribution >= 0.6 is 34.4 Å². The third-order valence-electron chi connectivity index (χ3n) is 2.42. The van der Waals surface area contributed by atoms with E-state index in [-0.39, 0.29) is 0 Å². The van der Waals surface area contributed by atoms with E-state index in [0.29, 0.717) is 17.9 Å². The average Bonchev–Trinajstić information content (AvgIpc) is 3.08. The molecule has 5 nitrogen and oxygen atoms in total. The fraction of sp³-hybridized carbons (Fsp3) is 0.250. The van der Waals surface area contributed by atoms with Gasteiger partial charge in [0.1, 0.15) is 11.0 Å². The van der Waals surface area contributed by atoms with Gasteiger partial charge in [-0.1, -0.05) is 0 Å². The maximum atomic E-state index is 10.8. The van der Waals surface area contributed by atoms with Gasteiger partial charge in [0.2, 0.25) is 6.41 Å². The summed E-state index contributed by atoms with van der Waals surface area (Å²) in [7, 11) is 0. The van der Waals surface area contributed by atoms with E-state index in [1.54, 1.807) is 22.7 Å². The van der Waals surface area contributed by atoms with Gasteiger partial charge in [-0.05, 0) is 11.4 Å². The molecule has 2 heterocycles. The zero-order chi connectivity index (χ0) is 14.4. The second kappa shape index (κ2) is 7.41.